The SMILES string of the molecule is O=C(Cn1c(=O)n(CCc2cccs2)c(=O)c2sccc21)Nc1nc2ccccc2s1. The Hall–Kier alpha value is -3.08. The molecule has 1 N–H and O–H groups in total. The zero-order chi connectivity index (χ0) is 21.4. The fourth-order valence-electron chi connectivity index (χ4n) is 3.39. The van der Waals surface area contributed by atoms with Gasteiger partial charge in [-0.3, -0.25) is 18.7 Å². The number of anilines is 1. The van der Waals surface area contributed by atoms with Crippen LogP contribution in [0, 0.1) is 0 Å². The molecule has 1 aromatic carbocycles. The number of carbonyl (C=O) groups excluding carboxylic acids is 1. The second-order valence-corrected chi connectivity index (χ2v) is 9.80. The van der Waals surface area contributed by atoms with Crippen LogP contribution >= 0.6 is 34.0 Å². The van der Waals surface area contributed by atoms with Gasteiger partial charge in [-0.1, -0.05) is 29.5 Å². The quantitative estimate of drug-likeness (QED) is 0.411. The maximum atomic E-state index is 13.1. The van der Waals surface area contributed by atoms with Crippen molar-refractivity contribution in [3.8, 4) is 0 Å². The molecule has 156 valence electrons. The van der Waals surface area contributed by atoms with Crippen LogP contribution in [-0.2, 0) is 24.3 Å². The summed E-state index contributed by atoms with van der Waals surface area (Å²) in [6, 6.07) is 13.2. The van der Waals surface area contributed by atoms with Crippen molar-refractivity contribution in [3.63, 3.8) is 0 Å². The number of aryl methyl sites for hydroxylation is 1. The third-order valence-corrected chi connectivity index (χ3v) is 7.62. The minimum atomic E-state index is -0.480. The molecule has 0 atom stereocenters. The van der Waals surface area contributed by atoms with Gasteiger partial charge in [-0.05, 0) is 41.4 Å². The van der Waals surface area contributed by atoms with Crippen LogP contribution in [0.1, 0.15) is 4.88 Å². The van der Waals surface area contributed by atoms with Crippen LogP contribution in [0.3, 0.4) is 0 Å². The zero-order valence-electron chi connectivity index (χ0n) is 16.1. The largest absolute Gasteiger partial charge is 0.332 e. The molecule has 0 saturated heterocycles. The summed E-state index contributed by atoms with van der Waals surface area (Å²) in [5.74, 6) is -0.364. The number of hydrogen-bond donors (Lipinski definition) is 1. The van der Waals surface area contributed by atoms with E-state index in [2.05, 4.69) is 10.3 Å². The molecule has 1 amide bonds. The highest BCUT2D eigenvalue weighted by Crippen LogP contribution is 2.25. The Morgan fingerprint density at radius 1 is 1.00 bits per heavy atom. The number of amides is 1. The van der Waals surface area contributed by atoms with Gasteiger partial charge in [0.05, 0.1) is 15.7 Å². The first-order valence-corrected chi connectivity index (χ1v) is 12.1. The molecule has 0 aliphatic rings. The highest BCUT2D eigenvalue weighted by molar-refractivity contribution is 7.22. The lowest BCUT2D eigenvalue weighted by molar-refractivity contribution is -0.116. The van der Waals surface area contributed by atoms with Gasteiger partial charge in [0.25, 0.3) is 5.56 Å². The number of thiophene rings is 2. The fourth-order valence-corrected chi connectivity index (χ4v) is 5.81. The molecule has 10 heteroatoms. The summed E-state index contributed by atoms with van der Waals surface area (Å²) >= 11 is 4.24. The third-order valence-electron chi connectivity index (χ3n) is 4.84. The molecule has 0 aliphatic heterocycles. The van der Waals surface area contributed by atoms with Crippen LogP contribution in [-0.4, -0.2) is 20.0 Å². The van der Waals surface area contributed by atoms with Crippen molar-refractivity contribution >= 4 is 65.5 Å². The topological polar surface area (TPSA) is 86.0 Å². The zero-order valence-corrected chi connectivity index (χ0v) is 18.6. The van der Waals surface area contributed by atoms with Gasteiger partial charge in [0.2, 0.25) is 5.91 Å². The molecule has 4 heterocycles. The van der Waals surface area contributed by atoms with E-state index in [-0.39, 0.29) is 24.6 Å². The van der Waals surface area contributed by atoms with E-state index < -0.39 is 5.69 Å². The predicted octanol–water partition coefficient (Wildman–Crippen LogP) is 3.78. The predicted molar refractivity (Wildman–Crippen MR) is 127 cm³/mol. The maximum absolute atomic E-state index is 13.1. The summed E-state index contributed by atoms with van der Waals surface area (Å²) in [6.07, 6.45) is 0.585. The fraction of sp³-hybridized carbons (Fsp3) is 0.143. The van der Waals surface area contributed by atoms with E-state index in [1.54, 1.807) is 22.8 Å². The second kappa shape index (κ2) is 8.22. The van der Waals surface area contributed by atoms with Crippen LogP contribution in [0.25, 0.3) is 20.4 Å². The Bertz CT molecular complexity index is 1480. The summed E-state index contributed by atoms with van der Waals surface area (Å²) in [5.41, 5.74) is 0.496. The molecule has 0 bridgehead atoms. The molecule has 5 aromatic rings. The van der Waals surface area contributed by atoms with E-state index in [4.69, 9.17) is 0 Å². The van der Waals surface area contributed by atoms with Gasteiger partial charge in [-0.2, -0.15) is 0 Å². The van der Waals surface area contributed by atoms with Gasteiger partial charge >= 0.3 is 5.69 Å². The Balaban J connectivity index is 1.45. The van der Waals surface area contributed by atoms with Crippen LogP contribution in [0.15, 0.2) is 62.8 Å². The van der Waals surface area contributed by atoms with Crippen molar-refractivity contribution in [2.75, 3.05) is 5.32 Å². The normalized spacial score (nSPS) is 11.4. The smallest absolute Gasteiger partial charge is 0.300 e. The molecular formula is C21H16N4O3S3. The van der Waals surface area contributed by atoms with Crippen molar-refractivity contribution in [2.45, 2.75) is 19.5 Å². The molecule has 4 aromatic heterocycles. The Kier molecular flexibility index (Phi) is 5.26. The number of carbonyl (C=O) groups is 1. The maximum Gasteiger partial charge on any atom is 0.332 e. The van der Waals surface area contributed by atoms with Gasteiger partial charge in [0.15, 0.2) is 5.13 Å². The molecule has 5 rings (SSSR count). The number of para-hydroxylation sites is 1. The van der Waals surface area contributed by atoms with E-state index in [9.17, 15) is 14.4 Å². The number of aromatic nitrogens is 3. The lowest BCUT2D eigenvalue weighted by Crippen LogP contribution is -2.41. The Morgan fingerprint density at radius 2 is 1.87 bits per heavy atom. The second-order valence-electron chi connectivity index (χ2n) is 6.82. The number of thiazole rings is 1. The van der Waals surface area contributed by atoms with Crippen molar-refractivity contribution < 1.29 is 4.79 Å². The van der Waals surface area contributed by atoms with Crippen molar-refractivity contribution in [1.29, 1.82) is 0 Å². The molecule has 0 unspecified atom stereocenters. The number of rotatable bonds is 6. The number of fused-ring (bicyclic) bond motifs is 2. The Morgan fingerprint density at radius 3 is 2.68 bits per heavy atom. The molecular weight excluding hydrogens is 452 g/mol. The average molecular weight is 469 g/mol. The van der Waals surface area contributed by atoms with E-state index in [0.717, 1.165) is 15.1 Å². The molecule has 0 radical (unpaired) electrons. The summed E-state index contributed by atoms with van der Waals surface area (Å²) in [6.45, 7) is 0.0762. The van der Waals surface area contributed by atoms with Crippen LogP contribution in [0.4, 0.5) is 5.13 Å². The van der Waals surface area contributed by atoms with Crippen LogP contribution in [0.5, 0.6) is 0 Å². The molecule has 7 nitrogen and oxygen atoms in total. The van der Waals surface area contributed by atoms with Crippen LogP contribution in [0.2, 0.25) is 0 Å². The number of nitrogens with one attached hydrogen (secondary N) is 1. The van der Waals surface area contributed by atoms with Gasteiger partial charge in [0.1, 0.15) is 11.2 Å². The van der Waals surface area contributed by atoms with E-state index in [1.165, 1.54) is 31.8 Å². The first-order chi connectivity index (χ1) is 15.1. The van der Waals surface area contributed by atoms with E-state index >= 15 is 0 Å². The highest BCUT2D eigenvalue weighted by atomic mass is 32.1. The molecule has 31 heavy (non-hydrogen) atoms. The highest BCUT2D eigenvalue weighted by Gasteiger charge is 2.17. The van der Waals surface area contributed by atoms with E-state index in [1.807, 2.05) is 41.8 Å². The van der Waals surface area contributed by atoms with Crippen molar-refractivity contribution in [2.24, 2.45) is 0 Å². The summed E-state index contributed by atoms with van der Waals surface area (Å²) in [7, 11) is 0. The number of hydrogen-bond acceptors (Lipinski definition) is 7. The average Bonchev–Trinajstić information content (AvgIpc) is 3.50. The number of benzene rings is 1. The van der Waals surface area contributed by atoms with Crippen molar-refractivity contribution in [3.05, 3.63) is 78.9 Å². The van der Waals surface area contributed by atoms with Crippen LogP contribution < -0.4 is 16.6 Å². The first-order valence-electron chi connectivity index (χ1n) is 9.49. The van der Waals surface area contributed by atoms with E-state index in [0.29, 0.717) is 21.8 Å². The molecule has 0 spiro atoms. The molecule has 0 aliphatic carbocycles. The molecule has 0 fully saturated rings. The minimum absolute atomic E-state index is 0.193. The summed E-state index contributed by atoms with van der Waals surface area (Å²) < 4.78 is 4.03. The van der Waals surface area contributed by atoms with Gasteiger partial charge in [0, 0.05) is 11.4 Å². The summed E-state index contributed by atoms with van der Waals surface area (Å²) in [4.78, 5) is 44.2. The van der Waals surface area contributed by atoms with Crippen molar-refractivity contribution in [1.82, 2.24) is 14.1 Å². The standard InChI is InChI=1S/C21H16N4O3S3/c26-17(23-20-22-14-5-1-2-6-16(14)31-20)12-25-15-8-11-30-18(15)19(27)24(21(25)28)9-7-13-4-3-10-29-13/h1-6,8,10-11H,7,9,12H2,(H,22,23,26). The monoisotopic (exact) mass is 468 g/mol. The lowest BCUT2D eigenvalue weighted by atomic mass is 10.3. The van der Waals surface area contributed by atoms with Gasteiger partial charge in [-0.25, -0.2) is 9.78 Å². The summed E-state index contributed by atoms with van der Waals surface area (Å²) in [5, 5.41) is 6.98. The Labute approximate surface area is 187 Å². The van der Waals surface area contributed by atoms with Gasteiger partial charge in [-0.15, -0.1) is 22.7 Å². The molecule has 0 saturated carbocycles. The lowest BCUT2D eigenvalue weighted by Gasteiger charge is -2.11. The first kappa shape index (κ1) is 19.9. The minimum Gasteiger partial charge on any atom is -0.300 e. The third kappa shape index (κ3) is 3.85. The van der Waals surface area contributed by atoms with Gasteiger partial charge < -0.3 is 5.32 Å². The number of nitrogens with zero attached hydrogens (tertiary/aromatic N) is 3.